The Hall–Kier alpha value is -1.18. The van der Waals surface area contributed by atoms with Crippen LogP contribution in [-0.4, -0.2) is 11.3 Å². The number of ether oxygens (including phenoxy) is 1. The predicted molar refractivity (Wildman–Crippen MR) is 66.1 cm³/mol. The molecule has 1 aromatic rings. The van der Waals surface area contributed by atoms with Crippen molar-refractivity contribution < 1.29 is 4.74 Å². The molecule has 3 heteroatoms. The van der Waals surface area contributed by atoms with Crippen molar-refractivity contribution in [2.75, 3.05) is 0 Å². The van der Waals surface area contributed by atoms with Crippen LogP contribution in [0.2, 0.25) is 0 Å². The van der Waals surface area contributed by atoms with Gasteiger partial charge in [-0.05, 0) is 49.3 Å². The van der Waals surface area contributed by atoms with Crippen molar-refractivity contribution in [3.8, 4) is 5.75 Å². The van der Waals surface area contributed by atoms with Gasteiger partial charge in [0.25, 0.3) is 0 Å². The summed E-state index contributed by atoms with van der Waals surface area (Å²) in [4.78, 5) is 3.88. The van der Waals surface area contributed by atoms with E-state index in [0.717, 1.165) is 24.3 Å². The van der Waals surface area contributed by atoms with Gasteiger partial charge < -0.3 is 4.74 Å². The van der Waals surface area contributed by atoms with E-state index in [1.54, 1.807) is 0 Å². The average molecular weight is 221 g/mol. The lowest BCUT2D eigenvalue weighted by Crippen LogP contribution is -2.13. The van der Waals surface area contributed by atoms with Gasteiger partial charge in [-0.15, -0.1) is 0 Å². The Morgan fingerprint density at radius 3 is 2.33 bits per heavy atom. The summed E-state index contributed by atoms with van der Waals surface area (Å²) in [7, 11) is 0. The maximum Gasteiger partial charge on any atom is 0.119 e. The molecule has 80 valence electrons. The molecule has 0 atom stereocenters. The molecule has 0 unspecified atom stereocenters. The first kappa shape index (κ1) is 11.9. The number of nitrogens with zero attached hydrogens (tertiary/aromatic N) is 1. The minimum atomic E-state index is 0.296. The Labute approximate surface area is 96.0 Å². The molecule has 0 aliphatic carbocycles. The van der Waals surface area contributed by atoms with Gasteiger partial charge in [-0.25, -0.2) is 0 Å². The predicted octanol–water partition coefficient (Wildman–Crippen LogP) is 3.99. The van der Waals surface area contributed by atoms with Crippen molar-refractivity contribution in [1.82, 2.24) is 0 Å². The molecule has 0 aromatic heterocycles. The molecule has 0 spiro atoms. The van der Waals surface area contributed by atoms with Gasteiger partial charge in [0.15, 0.2) is 0 Å². The Kier molecular flexibility index (Phi) is 5.02. The highest BCUT2D eigenvalue weighted by molar-refractivity contribution is 7.78. The van der Waals surface area contributed by atoms with Crippen molar-refractivity contribution in [2.45, 2.75) is 32.8 Å². The molecular weight excluding hydrogens is 206 g/mol. The SMILES string of the molecule is CCC(CC)Oc1ccc(N=C=S)cc1. The molecule has 0 fully saturated rings. The van der Waals surface area contributed by atoms with E-state index in [9.17, 15) is 0 Å². The van der Waals surface area contributed by atoms with E-state index in [0.29, 0.717) is 6.10 Å². The molecular formula is C12H15NOS. The minimum Gasteiger partial charge on any atom is -0.490 e. The van der Waals surface area contributed by atoms with Gasteiger partial charge in [-0.2, -0.15) is 4.99 Å². The second kappa shape index (κ2) is 6.33. The van der Waals surface area contributed by atoms with Crippen LogP contribution >= 0.6 is 12.2 Å². The second-order valence-corrected chi connectivity index (χ2v) is 3.44. The zero-order valence-corrected chi connectivity index (χ0v) is 9.88. The molecule has 0 radical (unpaired) electrons. The van der Waals surface area contributed by atoms with Crippen LogP contribution in [0.15, 0.2) is 29.3 Å². The summed E-state index contributed by atoms with van der Waals surface area (Å²) in [6.45, 7) is 4.25. The van der Waals surface area contributed by atoms with E-state index in [2.05, 4.69) is 36.2 Å². The molecule has 0 aliphatic heterocycles. The number of hydrogen-bond acceptors (Lipinski definition) is 3. The van der Waals surface area contributed by atoms with Gasteiger partial charge in [-0.1, -0.05) is 13.8 Å². The minimum absolute atomic E-state index is 0.296. The van der Waals surface area contributed by atoms with E-state index in [1.807, 2.05) is 24.3 Å². The van der Waals surface area contributed by atoms with Crippen LogP contribution in [0.1, 0.15) is 26.7 Å². The zero-order valence-electron chi connectivity index (χ0n) is 9.06. The van der Waals surface area contributed by atoms with Crippen LogP contribution in [0.3, 0.4) is 0 Å². The summed E-state index contributed by atoms with van der Waals surface area (Å²) in [5, 5.41) is 2.33. The lowest BCUT2D eigenvalue weighted by Gasteiger charge is -2.15. The number of rotatable bonds is 5. The molecule has 0 heterocycles. The number of isothiocyanates is 1. The third-order valence-electron chi connectivity index (χ3n) is 2.22. The smallest absolute Gasteiger partial charge is 0.119 e. The highest BCUT2D eigenvalue weighted by atomic mass is 32.1. The maximum absolute atomic E-state index is 5.76. The lowest BCUT2D eigenvalue weighted by molar-refractivity contribution is 0.193. The number of aliphatic imine (C=N–C) groups is 1. The molecule has 1 aromatic carbocycles. The molecule has 0 amide bonds. The summed E-state index contributed by atoms with van der Waals surface area (Å²) in [5.41, 5.74) is 0.807. The zero-order chi connectivity index (χ0) is 11.1. The van der Waals surface area contributed by atoms with E-state index < -0.39 is 0 Å². The van der Waals surface area contributed by atoms with Crippen molar-refractivity contribution in [3.63, 3.8) is 0 Å². The quantitative estimate of drug-likeness (QED) is 0.554. The molecule has 0 saturated carbocycles. The summed E-state index contributed by atoms with van der Waals surface area (Å²) >= 11 is 4.53. The highest BCUT2D eigenvalue weighted by Crippen LogP contribution is 2.19. The normalized spacial score (nSPS) is 9.80. The lowest BCUT2D eigenvalue weighted by atomic mass is 10.2. The first-order valence-electron chi connectivity index (χ1n) is 5.14. The highest BCUT2D eigenvalue weighted by Gasteiger charge is 2.04. The first-order valence-corrected chi connectivity index (χ1v) is 5.55. The molecule has 15 heavy (non-hydrogen) atoms. The fourth-order valence-electron chi connectivity index (χ4n) is 1.30. The summed E-state index contributed by atoms with van der Waals surface area (Å²) in [5.74, 6) is 0.881. The Balaban J connectivity index is 2.67. The molecule has 0 N–H and O–H groups in total. The molecule has 0 bridgehead atoms. The molecule has 1 rings (SSSR count). The Morgan fingerprint density at radius 2 is 1.87 bits per heavy atom. The monoisotopic (exact) mass is 221 g/mol. The topological polar surface area (TPSA) is 21.6 Å². The number of benzene rings is 1. The van der Waals surface area contributed by atoms with Crippen molar-refractivity contribution in [3.05, 3.63) is 24.3 Å². The maximum atomic E-state index is 5.76. The van der Waals surface area contributed by atoms with Gasteiger partial charge >= 0.3 is 0 Å². The van der Waals surface area contributed by atoms with Crippen LogP contribution in [0.25, 0.3) is 0 Å². The molecule has 2 nitrogen and oxygen atoms in total. The fourth-order valence-corrected chi connectivity index (χ4v) is 1.41. The van der Waals surface area contributed by atoms with Gasteiger partial charge in [0.05, 0.1) is 17.0 Å². The van der Waals surface area contributed by atoms with Gasteiger partial charge in [0, 0.05) is 0 Å². The van der Waals surface area contributed by atoms with Gasteiger partial charge in [0.2, 0.25) is 0 Å². The third-order valence-corrected chi connectivity index (χ3v) is 2.32. The van der Waals surface area contributed by atoms with Crippen LogP contribution < -0.4 is 4.74 Å². The first-order chi connectivity index (χ1) is 7.30. The van der Waals surface area contributed by atoms with E-state index >= 15 is 0 Å². The van der Waals surface area contributed by atoms with Gasteiger partial charge in [-0.3, -0.25) is 0 Å². The van der Waals surface area contributed by atoms with Crippen LogP contribution in [0, 0.1) is 0 Å². The van der Waals surface area contributed by atoms with Crippen molar-refractivity contribution in [1.29, 1.82) is 0 Å². The Bertz CT molecular complexity index is 337. The van der Waals surface area contributed by atoms with E-state index in [-0.39, 0.29) is 0 Å². The van der Waals surface area contributed by atoms with Crippen LogP contribution in [0.5, 0.6) is 5.75 Å². The van der Waals surface area contributed by atoms with Crippen molar-refractivity contribution in [2.24, 2.45) is 4.99 Å². The summed E-state index contributed by atoms with van der Waals surface area (Å²) < 4.78 is 5.76. The average Bonchev–Trinajstić information content (AvgIpc) is 2.28. The summed E-state index contributed by atoms with van der Waals surface area (Å²) in [6, 6.07) is 7.56. The van der Waals surface area contributed by atoms with Crippen LogP contribution in [0.4, 0.5) is 5.69 Å². The standard InChI is InChI=1S/C12H15NOS/c1-3-11(4-2)14-12-7-5-10(6-8-12)13-9-15/h5-8,11H,3-4H2,1-2H3. The fraction of sp³-hybridized carbons (Fsp3) is 0.417. The van der Waals surface area contributed by atoms with Crippen LogP contribution in [-0.2, 0) is 0 Å². The van der Waals surface area contributed by atoms with Gasteiger partial charge in [0.1, 0.15) is 5.75 Å². The molecule has 0 aliphatic rings. The number of hydrogen-bond donors (Lipinski definition) is 0. The van der Waals surface area contributed by atoms with Crippen molar-refractivity contribution >= 4 is 23.1 Å². The van der Waals surface area contributed by atoms with E-state index in [4.69, 9.17) is 4.74 Å². The third kappa shape index (κ3) is 3.82. The summed E-state index contributed by atoms with van der Waals surface area (Å²) in [6.07, 6.45) is 2.34. The Morgan fingerprint density at radius 1 is 1.27 bits per heavy atom. The second-order valence-electron chi connectivity index (χ2n) is 3.25. The van der Waals surface area contributed by atoms with E-state index in [1.165, 1.54) is 0 Å². The molecule has 0 saturated heterocycles. The largest absolute Gasteiger partial charge is 0.490 e. The number of thiocarbonyl (C=S) groups is 1.